The Kier molecular flexibility index (Phi) is 3.84. The fourth-order valence-corrected chi connectivity index (χ4v) is 2.25. The Labute approximate surface area is 104 Å². The van der Waals surface area contributed by atoms with Crippen LogP contribution in [0.2, 0.25) is 0 Å². The van der Waals surface area contributed by atoms with Crippen molar-refractivity contribution in [2.24, 2.45) is 0 Å². The Balaban J connectivity index is 1.93. The third-order valence-electron chi connectivity index (χ3n) is 2.99. The molecule has 0 saturated heterocycles. The van der Waals surface area contributed by atoms with Crippen LogP contribution < -0.4 is 10.1 Å². The lowest BCUT2D eigenvalue weighted by Crippen LogP contribution is -2.60. The normalized spacial score (nSPS) is 28.6. The molecule has 1 aromatic rings. The Morgan fingerprint density at radius 2 is 2.00 bits per heavy atom. The van der Waals surface area contributed by atoms with Gasteiger partial charge in [-0.15, -0.1) is 0 Å². The quantitative estimate of drug-likeness (QED) is 0.920. The molecule has 3 nitrogen and oxygen atoms in total. The van der Waals surface area contributed by atoms with Crippen LogP contribution >= 0.6 is 15.9 Å². The first-order valence-electron chi connectivity index (χ1n) is 5.37. The van der Waals surface area contributed by atoms with Crippen molar-refractivity contribution >= 4 is 15.9 Å². The average Bonchev–Trinajstić information content (AvgIpc) is 2.26. The average molecular weight is 286 g/mol. The van der Waals surface area contributed by atoms with Crippen LogP contribution in [-0.2, 0) is 4.74 Å². The van der Waals surface area contributed by atoms with Crippen molar-refractivity contribution in [3.63, 3.8) is 0 Å². The summed E-state index contributed by atoms with van der Waals surface area (Å²) < 4.78 is 12.3. The van der Waals surface area contributed by atoms with Gasteiger partial charge in [-0.05, 0) is 31.3 Å². The number of methoxy groups -OCH3 is 1. The number of benzene rings is 1. The lowest BCUT2D eigenvalue weighted by molar-refractivity contribution is -0.0869. The van der Waals surface area contributed by atoms with Crippen molar-refractivity contribution in [1.82, 2.24) is 5.32 Å². The van der Waals surface area contributed by atoms with E-state index in [9.17, 15) is 0 Å². The van der Waals surface area contributed by atoms with Gasteiger partial charge in [-0.1, -0.05) is 15.9 Å². The van der Waals surface area contributed by atoms with Crippen molar-refractivity contribution in [2.45, 2.75) is 24.7 Å². The summed E-state index contributed by atoms with van der Waals surface area (Å²) >= 11 is 3.40. The van der Waals surface area contributed by atoms with Crippen LogP contribution in [0.1, 0.15) is 6.42 Å². The van der Waals surface area contributed by atoms with Gasteiger partial charge in [-0.2, -0.15) is 0 Å². The molecule has 0 aromatic heterocycles. The van der Waals surface area contributed by atoms with Crippen molar-refractivity contribution in [1.29, 1.82) is 0 Å². The summed E-state index contributed by atoms with van der Waals surface area (Å²) in [5.74, 6) is 0.893. The highest BCUT2D eigenvalue weighted by Gasteiger charge is 2.42. The van der Waals surface area contributed by atoms with Gasteiger partial charge in [0.2, 0.25) is 0 Å². The largest absolute Gasteiger partial charge is 0.488 e. The van der Waals surface area contributed by atoms with Gasteiger partial charge in [0.1, 0.15) is 18.0 Å². The minimum absolute atomic E-state index is 0.147. The molecular weight excluding hydrogens is 270 g/mol. The van der Waals surface area contributed by atoms with Crippen LogP contribution in [0.5, 0.6) is 5.75 Å². The monoisotopic (exact) mass is 285 g/mol. The van der Waals surface area contributed by atoms with Crippen LogP contribution in [-0.4, -0.2) is 32.4 Å². The van der Waals surface area contributed by atoms with Crippen LogP contribution in [0.3, 0.4) is 0 Å². The minimum Gasteiger partial charge on any atom is -0.488 e. The van der Waals surface area contributed by atoms with Gasteiger partial charge in [0, 0.05) is 24.0 Å². The summed E-state index contributed by atoms with van der Waals surface area (Å²) in [5.41, 5.74) is 0. The molecule has 1 aromatic carbocycles. The second-order valence-electron chi connectivity index (χ2n) is 3.94. The van der Waals surface area contributed by atoms with Crippen molar-refractivity contribution in [3.8, 4) is 5.75 Å². The van der Waals surface area contributed by atoms with E-state index in [0.29, 0.717) is 6.04 Å². The molecule has 4 heteroatoms. The molecule has 1 aliphatic rings. The second kappa shape index (κ2) is 5.17. The van der Waals surface area contributed by atoms with Crippen LogP contribution in [0, 0.1) is 0 Å². The van der Waals surface area contributed by atoms with E-state index in [2.05, 4.69) is 21.2 Å². The van der Waals surface area contributed by atoms with Gasteiger partial charge in [0.15, 0.2) is 0 Å². The predicted molar refractivity (Wildman–Crippen MR) is 66.8 cm³/mol. The molecule has 0 spiro atoms. The van der Waals surface area contributed by atoms with E-state index in [1.165, 1.54) is 0 Å². The van der Waals surface area contributed by atoms with Gasteiger partial charge in [-0.3, -0.25) is 0 Å². The van der Waals surface area contributed by atoms with E-state index in [-0.39, 0.29) is 12.2 Å². The van der Waals surface area contributed by atoms with Gasteiger partial charge < -0.3 is 14.8 Å². The molecule has 1 fully saturated rings. The third kappa shape index (κ3) is 2.39. The standard InChI is InChI=1S/C12H16BrNO2/c1-14-10-7-11(12(10)15-2)16-9-5-3-8(13)4-6-9/h3-6,10-12,14H,7H2,1-2H3. The molecule has 16 heavy (non-hydrogen) atoms. The lowest BCUT2D eigenvalue weighted by atomic mass is 9.85. The van der Waals surface area contributed by atoms with Gasteiger partial charge >= 0.3 is 0 Å². The molecule has 2 rings (SSSR count). The number of nitrogens with one attached hydrogen (secondary N) is 1. The summed E-state index contributed by atoms with van der Waals surface area (Å²) in [6.45, 7) is 0. The molecule has 1 N–H and O–H groups in total. The van der Waals surface area contributed by atoms with Crippen LogP contribution in [0.4, 0.5) is 0 Å². The van der Waals surface area contributed by atoms with E-state index in [4.69, 9.17) is 9.47 Å². The maximum Gasteiger partial charge on any atom is 0.128 e. The minimum atomic E-state index is 0.147. The number of halogens is 1. The van der Waals surface area contributed by atoms with Crippen LogP contribution in [0.25, 0.3) is 0 Å². The maximum absolute atomic E-state index is 5.86. The zero-order valence-corrected chi connectivity index (χ0v) is 11.0. The molecular formula is C12H16BrNO2. The number of rotatable bonds is 4. The smallest absolute Gasteiger partial charge is 0.128 e. The molecule has 1 aliphatic carbocycles. The number of hydrogen-bond acceptors (Lipinski definition) is 3. The fourth-order valence-electron chi connectivity index (χ4n) is 1.98. The zero-order chi connectivity index (χ0) is 11.5. The zero-order valence-electron chi connectivity index (χ0n) is 9.44. The van der Waals surface area contributed by atoms with Crippen LogP contribution in [0.15, 0.2) is 28.7 Å². The number of hydrogen-bond donors (Lipinski definition) is 1. The highest BCUT2D eigenvalue weighted by Crippen LogP contribution is 2.29. The highest BCUT2D eigenvalue weighted by molar-refractivity contribution is 9.10. The lowest BCUT2D eigenvalue weighted by Gasteiger charge is -2.42. The Hall–Kier alpha value is -0.580. The van der Waals surface area contributed by atoms with E-state index in [0.717, 1.165) is 16.6 Å². The molecule has 0 bridgehead atoms. The Morgan fingerprint density at radius 1 is 1.31 bits per heavy atom. The van der Waals surface area contributed by atoms with Gasteiger partial charge in [-0.25, -0.2) is 0 Å². The molecule has 3 atom stereocenters. The predicted octanol–water partition coefficient (Wildman–Crippen LogP) is 2.20. The molecule has 1 saturated carbocycles. The van der Waals surface area contributed by atoms with E-state index in [1.54, 1.807) is 7.11 Å². The maximum atomic E-state index is 5.86. The van der Waals surface area contributed by atoms with Crippen molar-refractivity contribution in [2.75, 3.05) is 14.2 Å². The van der Waals surface area contributed by atoms with Crippen molar-refractivity contribution in [3.05, 3.63) is 28.7 Å². The van der Waals surface area contributed by atoms with E-state index < -0.39 is 0 Å². The van der Waals surface area contributed by atoms with E-state index in [1.807, 2.05) is 31.3 Å². The highest BCUT2D eigenvalue weighted by atomic mass is 79.9. The molecule has 0 amide bonds. The second-order valence-corrected chi connectivity index (χ2v) is 4.86. The van der Waals surface area contributed by atoms with E-state index >= 15 is 0 Å². The molecule has 0 radical (unpaired) electrons. The summed E-state index contributed by atoms with van der Waals surface area (Å²) in [6.07, 6.45) is 1.29. The molecule has 3 unspecified atom stereocenters. The van der Waals surface area contributed by atoms with Gasteiger partial charge in [0.05, 0.1) is 0 Å². The first-order chi connectivity index (χ1) is 7.74. The molecule has 88 valence electrons. The van der Waals surface area contributed by atoms with Gasteiger partial charge in [0.25, 0.3) is 0 Å². The SMILES string of the molecule is CNC1CC(Oc2ccc(Br)cc2)C1OC. The first kappa shape index (κ1) is 11.9. The summed E-state index contributed by atoms with van der Waals surface area (Å²) in [4.78, 5) is 0. The molecule has 0 heterocycles. The summed E-state index contributed by atoms with van der Waals surface area (Å²) in [6, 6.07) is 8.29. The summed E-state index contributed by atoms with van der Waals surface area (Å²) in [5, 5.41) is 3.21. The topological polar surface area (TPSA) is 30.5 Å². The Morgan fingerprint density at radius 3 is 2.56 bits per heavy atom. The first-order valence-corrected chi connectivity index (χ1v) is 6.16. The Bertz CT molecular complexity index is 341. The number of likely N-dealkylation sites (N-methyl/N-ethyl adjacent to an activating group) is 1. The number of ether oxygens (including phenoxy) is 2. The van der Waals surface area contributed by atoms with Crippen molar-refractivity contribution < 1.29 is 9.47 Å². The fraction of sp³-hybridized carbons (Fsp3) is 0.500. The summed E-state index contributed by atoms with van der Waals surface area (Å²) in [7, 11) is 3.68. The molecule has 0 aliphatic heterocycles. The third-order valence-corrected chi connectivity index (χ3v) is 3.52.